The minimum atomic E-state index is -0.546. The number of ketones is 1. The van der Waals surface area contributed by atoms with Crippen molar-refractivity contribution in [3.63, 3.8) is 0 Å². The number of nitrogens with one attached hydrogen (secondary N) is 2. The van der Waals surface area contributed by atoms with Gasteiger partial charge < -0.3 is 39.2 Å². The molecule has 5 rings (SSSR count). The summed E-state index contributed by atoms with van der Waals surface area (Å²) >= 11 is 0. The van der Waals surface area contributed by atoms with Crippen LogP contribution in [0.15, 0.2) is 84.9 Å². The van der Waals surface area contributed by atoms with Gasteiger partial charge in [-0.2, -0.15) is 0 Å². The zero-order valence-corrected chi connectivity index (χ0v) is 32.0. The fourth-order valence-corrected chi connectivity index (χ4v) is 6.36. The molecule has 1 saturated heterocycles. The van der Waals surface area contributed by atoms with Crippen LogP contribution in [0.1, 0.15) is 66.2 Å². The Kier molecular flexibility index (Phi) is 13.4. The Morgan fingerprint density at radius 3 is 2.19 bits per heavy atom. The number of para-hydroxylation sites is 1. The molecule has 0 atom stereocenters. The largest absolute Gasteiger partial charge is 0.497 e. The van der Waals surface area contributed by atoms with Crippen LogP contribution in [0, 0.1) is 5.92 Å². The minimum Gasteiger partial charge on any atom is -0.497 e. The number of hydrogen-bond donors (Lipinski definition) is 2. The molecule has 0 spiro atoms. The van der Waals surface area contributed by atoms with Gasteiger partial charge in [0.05, 0.1) is 39.1 Å². The quantitative estimate of drug-likeness (QED) is 0.121. The second-order valence-electron chi connectivity index (χ2n) is 14.2. The van der Waals surface area contributed by atoms with Crippen LogP contribution >= 0.6 is 0 Å². The van der Waals surface area contributed by atoms with Crippen LogP contribution in [0.2, 0.25) is 0 Å². The van der Waals surface area contributed by atoms with E-state index in [0.29, 0.717) is 65.0 Å². The van der Waals surface area contributed by atoms with E-state index >= 15 is 0 Å². The van der Waals surface area contributed by atoms with E-state index < -0.39 is 5.60 Å². The standard InChI is InChI=1S/C43H51N3O8/c1-43(2,3)54-42(49)46-22-20-29(21-23-46)26-45-39(47)27-44-36-19-18-33(40(48)34-14-10-11-15-37(34)51-5)35(41(36)53-28-30-12-8-7-9-13-30)24-31-16-17-32(50-4)25-38(31)52-6/h7-19,25,29,44H,20-24,26-28H2,1-6H3,(H,45,47). The number of rotatable bonds is 15. The molecule has 286 valence electrons. The zero-order chi connectivity index (χ0) is 38.7. The van der Waals surface area contributed by atoms with Crippen LogP contribution in [0.25, 0.3) is 0 Å². The molecule has 2 N–H and O–H groups in total. The molecule has 1 heterocycles. The van der Waals surface area contributed by atoms with Crippen LogP contribution in [0.3, 0.4) is 0 Å². The third-order valence-corrected chi connectivity index (χ3v) is 9.24. The average Bonchev–Trinajstić information content (AvgIpc) is 3.18. The van der Waals surface area contributed by atoms with Crippen molar-refractivity contribution >= 4 is 23.5 Å². The van der Waals surface area contributed by atoms with Gasteiger partial charge >= 0.3 is 6.09 Å². The van der Waals surface area contributed by atoms with Gasteiger partial charge in [-0.1, -0.05) is 48.5 Å². The lowest BCUT2D eigenvalue weighted by Gasteiger charge is -2.33. The maximum Gasteiger partial charge on any atom is 0.410 e. The van der Waals surface area contributed by atoms with E-state index in [2.05, 4.69) is 10.6 Å². The number of carbonyl (C=O) groups excluding carboxylic acids is 3. The van der Waals surface area contributed by atoms with Crippen molar-refractivity contribution in [2.24, 2.45) is 5.92 Å². The van der Waals surface area contributed by atoms with E-state index in [-0.39, 0.29) is 43.3 Å². The van der Waals surface area contributed by atoms with Crippen molar-refractivity contribution in [1.82, 2.24) is 10.2 Å². The highest BCUT2D eigenvalue weighted by Crippen LogP contribution is 2.38. The van der Waals surface area contributed by atoms with Gasteiger partial charge in [0.15, 0.2) is 5.78 Å². The van der Waals surface area contributed by atoms with E-state index in [4.69, 9.17) is 23.7 Å². The Morgan fingerprint density at radius 2 is 1.50 bits per heavy atom. The molecule has 0 saturated carbocycles. The van der Waals surface area contributed by atoms with Gasteiger partial charge in [-0.3, -0.25) is 9.59 Å². The van der Waals surface area contributed by atoms with Gasteiger partial charge in [0, 0.05) is 43.2 Å². The normalized spacial score (nSPS) is 13.1. The topological polar surface area (TPSA) is 125 Å². The Morgan fingerprint density at radius 1 is 0.796 bits per heavy atom. The molecule has 54 heavy (non-hydrogen) atoms. The molecule has 0 bridgehead atoms. The summed E-state index contributed by atoms with van der Waals surface area (Å²) in [5, 5.41) is 6.34. The lowest BCUT2D eigenvalue weighted by Crippen LogP contribution is -2.44. The summed E-state index contributed by atoms with van der Waals surface area (Å²) in [6.45, 7) is 7.42. The smallest absolute Gasteiger partial charge is 0.410 e. The number of nitrogens with zero attached hydrogens (tertiary/aromatic N) is 1. The van der Waals surface area contributed by atoms with Gasteiger partial charge in [-0.25, -0.2) is 4.79 Å². The molecule has 4 aromatic carbocycles. The number of piperidine rings is 1. The molecule has 2 amide bonds. The third kappa shape index (κ3) is 10.5. The van der Waals surface area contributed by atoms with Crippen molar-refractivity contribution in [3.05, 3.63) is 113 Å². The number of hydrogen-bond acceptors (Lipinski definition) is 9. The van der Waals surface area contributed by atoms with E-state index in [9.17, 15) is 14.4 Å². The molecule has 11 nitrogen and oxygen atoms in total. The molecular weight excluding hydrogens is 686 g/mol. The van der Waals surface area contributed by atoms with Crippen LogP contribution in [-0.2, 0) is 22.6 Å². The van der Waals surface area contributed by atoms with E-state index in [1.165, 1.54) is 7.11 Å². The van der Waals surface area contributed by atoms with Crippen LogP contribution in [0.5, 0.6) is 23.0 Å². The third-order valence-electron chi connectivity index (χ3n) is 9.24. The number of carbonyl (C=O) groups is 3. The Balaban J connectivity index is 1.41. The maximum atomic E-state index is 14.3. The van der Waals surface area contributed by atoms with Gasteiger partial charge in [0.25, 0.3) is 0 Å². The highest BCUT2D eigenvalue weighted by molar-refractivity contribution is 6.12. The van der Waals surface area contributed by atoms with E-state index in [1.54, 1.807) is 55.5 Å². The number of likely N-dealkylation sites (tertiary alicyclic amines) is 1. The first kappa shape index (κ1) is 39.5. The average molecular weight is 738 g/mol. The van der Waals surface area contributed by atoms with Gasteiger partial charge in [0.1, 0.15) is 35.2 Å². The monoisotopic (exact) mass is 737 g/mol. The second kappa shape index (κ2) is 18.4. The Bertz CT molecular complexity index is 1900. The van der Waals surface area contributed by atoms with Crippen LogP contribution in [-0.4, -0.2) is 75.8 Å². The summed E-state index contributed by atoms with van der Waals surface area (Å²) in [4.78, 5) is 41.8. The predicted molar refractivity (Wildman–Crippen MR) is 208 cm³/mol. The summed E-state index contributed by atoms with van der Waals surface area (Å²) in [6.07, 6.45) is 1.51. The van der Waals surface area contributed by atoms with Gasteiger partial charge in [-0.15, -0.1) is 0 Å². The molecule has 0 aliphatic carbocycles. The summed E-state index contributed by atoms with van der Waals surface area (Å²) < 4.78 is 28.9. The summed E-state index contributed by atoms with van der Waals surface area (Å²) in [7, 11) is 4.72. The maximum absolute atomic E-state index is 14.3. The molecule has 4 aromatic rings. The van der Waals surface area contributed by atoms with Crippen molar-refractivity contribution < 1.29 is 38.1 Å². The molecule has 1 aliphatic heterocycles. The number of methoxy groups -OCH3 is 3. The van der Waals surface area contributed by atoms with E-state index in [0.717, 1.165) is 24.0 Å². The fraction of sp³-hybridized carbons (Fsp3) is 0.372. The van der Waals surface area contributed by atoms with Gasteiger partial charge in [0.2, 0.25) is 5.91 Å². The molecule has 1 aliphatic rings. The fourth-order valence-electron chi connectivity index (χ4n) is 6.36. The van der Waals surface area contributed by atoms with Crippen molar-refractivity contribution in [3.8, 4) is 23.0 Å². The first-order valence-electron chi connectivity index (χ1n) is 18.2. The Labute approximate surface area is 317 Å². The number of ether oxygens (including phenoxy) is 5. The van der Waals surface area contributed by atoms with Gasteiger partial charge in [-0.05, 0) is 81.0 Å². The minimum absolute atomic E-state index is 0.0243. The van der Waals surface area contributed by atoms with Crippen molar-refractivity contribution in [2.75, 3.05) is 52.8 Å². The first-order chi connectivity index (χ1) is 26.0. The zero-order valence-electron chi connectivity index (χ0n) is 32.0. The highest BCUT2D eigenvalue weighted by atomic mass is 16.6. The second-order valence-corrected chi connectivity index (χ2v) is 14.2. The molecule has 0 aromatic heterocycles. The van der Waals surface area contributed by atoms with Crippen molar-refractivity contribution in [2.45, 2.75) is 52.2 Å². The van der Waals surface area contributed by atoms with Crippen molar-refractivity contribution in [1.29, 1.82) is 0 Å². The summed E-state index contributed by atoms with van der Waals surface area (Å²) in [5.74, 6) is 1.94. The summed E-state index contributed by atoms with van der Waals surface area (Å²) in [6, 6.07) is 25.9. The molecule has 0 unspecified atom stereocenters. The molecule has 1 fully saturated rings. The number of amides is 2. The SMILES string of the molecule is COc1ccc(Cc2c(C(=O)c3ccccc3OC)ccc(NCC(=O)NCC3CCN(C(=O)OC(C)(C)C)CC3)c2OCc2ccccc2)c(OC)c1. The molecule has 0 radical (unpaired) electrons. The molecular formula is C43H51N3O8. The van der Waals surface area contributed by atoms with E-state index in [1.807, 2.05) is 69.3 Å². The number of benzene rings is 4. The van der Waals surface area contributed by atoms with Crippen LogP contribution in [0.4, 0.5) is 10.5 Å². The summed E-state index contributed by atoms with van der Waals surface area (Å²) in [5.41, 5.74) is 3.22. The first-order valence-corrected chi connectivity index (χ1v) is 18.2. The Hall–Kier alpha value is -5.71. The van der Waals surface area contributed by atoms with Crippen LogP contribution < -0.4 is 29.6 Å². The molecule has 11 heteroatoms. The lowest BCUT2D eigenvalue weighted by molar-refractivity contribution is -0.119. The lowest BCUT2D eigenvalue weighted by atomic mass is 9.92. The number of anilines is 1. The predicted octanol–water partition coefficient (Wildman–Crippen LogP) is 7.29. The highest BCUT2D eigenvalue weighted by Gasteiger charge is 2.28.